The third-order valence-electron chi connectivity index (χ3n) is 3.78. The van der Waals surface area contributed by atoms with E-state index in [1.165, 1.54) is 5.56 Å². The molecule has 1 saturated heterocycles. The summed E-state index contributed by atoms with van der Waals surface area (Å²) in [6.07, 6.45) is 2.86. The minimum absolute atomic E-state index is 0.211. The van der Waals surface area contributed by atoms with Gasteiger partial charge in [-0.1, -0.05) is 12.1 Å². The molecule has 0 aromatic heterocycles. The summed E-state index contributed by atoms with van der Waals surface area (Å²) in [6, 6.07) is 9.84. The van der Waals surface area contributed by atoms with Crippen LogP contribution in [0.25, 0.3) is 0 Å². The molecule has 0 bridgehead atoms. The van der Waals surface area contributed by atoms with Crippen LogP contribution in [0.1, 0.15) is 44.7 Å². The van der Waals surface area contributed by atoms with Gasteiger partial charge in [0.25, 0.3) is 0 Å². The maximum atomic E-state index is 12.2. The molecular formula is C18H24N2O2. The number of nitriles is 1. The minimum Gasteiger partial charge on any atom is -0.444 e. The maximum Gasteiger partial charge on any atom is 0.410 e. The molecule has 0 aliphatic carbocycles. The van der Waals surface area contributed by atoms with Crippen molar-refractivity contribution in [2.75, 3.05) is 13.1 Å². The second-order valence-electron chi connectivity index (χ2n) is 6.95. The zero-order valence-electron chi connectivity index (χ0n) is 13.6. The highest BCUT2D eigenvalue weighted by Gasteiger charge is 2.27. The molecule has 1 aromatic rings. The van der Waals surface area contributed by atoms with Crippen LogP contribution in [0.15, 0.2) is 24.3 Å². The van der Waals surface area contributed by atoms with E-state index in [9.17, 15) is 4.79 Å². The predicted octanol–water partition coefficient (Wildman–Crippen LogP) is 3.75. The molecule has 4 heteroatoms. The Morgan fingerprint density at radius 3 is 2.64 bits per heavy atom. The Morgan fingerprint density at radius 1 is 1.36 bits per heavy atom. The number of ether oxygens (including phenoxy) is 1. The van der Waals surface area contributed by atoms with E-state index >= 15 is 0 Å². The molecule has 1 amide bonds. The topological polar surface area (TPSA) is 53.3 Å². The number of nitrogens with zero attached hydrogens (tertiary/aromatic N) is 2. The number of amides is 1. The van der Waals surface area contributed by atoms with Crippen LogP contribution in [0.2, 0.25) is 0 Å². The van der Waals surface area contributed by atoms with Crippen LogP contribution in [0.3, 0.4) is 0 Å². The van der Waals surface area contributed by atoms with Gasteiger partial charge in [0.05, 0.1) is 11.6 Å². The van der Waals surface area contributed by atoms with Gasteiger partial charge in [-0.05, 0) is 63.6 Å². The van der Waals surface area contributed by atoms with Gasteiger partial charge in [0.2, 0.25) is 0 Å². The van der Waals surface area contributed by atoms with Gasteiger partial charge in [0.15, 0.2) is 0 Å². The van der Waals surface area contributed by atoms with Crippen molar-refractivity contribution in [3.8, 4) is 6.07 Å². The normalized spacial score (nSPS) is 18.6. The second-order valence-corrected chi connectivity index (χ2v) is 6.95. The number of carbonyl (C=O) groups excluding carboxylic acids is 1. The van der Waals surface area contributed by atoms with Gasteiger partial charge in [0, 0.05) is 13.1 Å². The molecule has 0 saturated carbocycles. The van der Waals surface area contributed by atoms with Crippen molar-refractivity contribution in [1.82, 2.24) is 4.90 Å². The Morgan fingerprint density at radius 2 is 2.05 bits per heavy atom. The van der Waals surface area contributed by atoms with Crippen molar-refractivity contribution in [3.63, 3.8) is 0 Å². The zero-order chi connectivity index (χ0) is 16.2. The van der Waals surface area contributed by atoms with Gasteiger partial charge in [-0.25, -0.2) is 4.79 Å². The van der Waals surface area contributed by atoms with Gasteiger partial charge in [-0.2, -0.15) is 5.26 Å². The van der Waals surface area contributed by atoms with Gasteiger partial charge >= 0.3 is 6.09 Å². The van der Waals surface area contributed by atoms with Crippen molar-refractivity contribution in [2.45, 2.75) is 45.6 Å². The molecule has 4 nitrogen and oxygen atoms in total. The zero-order valence-corrected chi connectivity index (χ0v) is 13.6. The lowest BCUT2D eigenvalue weighted by molar-refractivity contribution is 0.0166. The number of rotatable bonds is 2. The van der Waals surface area contributed by atoms with Crippen molar-refractivity contribution in [1.29, 1.82) is 5.26 Å². The van der Waals surface area contributed by atoms with Gasteiger partial charge < -0.3 is 9.64 Å². The van der Waals surface area contributed by atoms with Crippen LogP contribution in [0.5, 0.6) is 0 Å². The maximum absolute atomic E-state index is 12.2. The van der Waals surface area contributed by atoms with E-state index in [1.54, 1.807) is 0 Å². The first-order chi connectivity index (χ1) is 10.4. The molecule has 22 heavy (non-hydrogen) atoms. The van der Waals surface area contributed by atoms with E-state index in [1.807, 2.05) is 49.9 Å². The quantitative estimate of drug-likeness (QED) is 0.836. The molecule has 2 rings (SSSR count). The molecule has 1 atom stereocenters. The summed E-state index contributed by atoms with van der Waals surface area (Å²) in [5.41, 5.74) is 1.45. The van der Waals surface area contributed by atoms with Crippen LogP contribution in [0, 0.1) is 17.2 Å². The van der Waals surface area contributed by atoms with E-state index in [0.717, 1.165) is 32.4 Å². The summed E-state index contributed by atoms with van der Waals surface area (Å²) in [7, 11) is 0. The van der Waals surface area contributed by atoms with Gasteiger partial charge in [0.1, 0.15) is 5.60 Å². The average Bonchev–Trinajstić information content (AvgIpc) is 2.46. The fraction of sp³-hybridized carbons (Fsp3) is 0.556. The number of hydrogen-bond acceptors (Lipinski definition) is 3. The third-order valence-corrected chi connectivity index (χ3v) is 3.78. The Hall–Kier alpha value is -2.02. The third kappa shape index (κ3) is 4.77. The van der Waals surface area contributed by atoms with E-state index < -0.39 is 5.60 Å². The highest BCUT2D eigenvalue weighted by atomic mass is 16.6. The summed E-state index contributed by atoms with van der Waals surface area (Å²) in [4.78, 5) is 14.0. The molecule has 1 aliphatic heterocycles. The predicted molar refractivity (Wildman–Crippen MR) is 85.4 cm³/mol. The van der Waals surface area contributed by atoms with Crippen molar-refractivity contribution in [2.24, 2.45) is 5.92 Å². The summed E-state index contributed by atoms with van der Waals surface area (Å²) < 4.78 is 5.46. The van der Waals surface area contributed by atoms with Crippen molar-refractivity contribution in [3.05, 3.63) is 35.4 Å². The highest BCUT2D eigenvalue weighted by Crippen LogP contribution is 2.22. The lowest BCUT2D eigenvalue weighted by Gasteiger charge is -2.34. The van der Waals surface area contributed by atoms with E-state index in [-0.39, 0.29) is 6.09 Å². The first-order valence-electron chi connectivity index (χ1n) is 7.84. The standard InChI is InChI=1S/C18H24N2O2/c1-18(2,3)22-17(21)20-10-4-5-16(13-20)11-14-6-8-15(12-19)9-7-14/h6-9,16H,4-5,10-11,13H2,1-3H3. The summed E-state index contributed by atoms with van der Waals surface area (Å²) in [5.74, 6) is 0.453. The summed E-state index contributed by atoms with van der Waals surface area (Å²) in [5, 5.41) is 8.83. The Kier molecular flexibility index (Phi) is 5.07. The first-order valence-corrected chi connectivity index (χ1v) is 7.84. The van der Waals surface area contributed by atoms with Crippen LogP contribution in [0.4, 0.5) is 4.79 Å². The molecule has 0 N–H and O–H groups in total. The second kappa shape index (κ2) is 6.83. The van der Waals surface area contributed by atoms with Crippen molar-refractivity contribution < 1.29 is 9.53 Å². The largest absolute Gasteiger partial charge is 0.444 e. The number of likely N-dealkylation sites (tertiary alicyclic amines) is 1. The number of hydrogen-bond donors (Lipinski definition) is 0. The molecule has 0 radical (unpaired) electrons. The van der Waals surface area contributed by atoms with Crippen molar-refractivity contribution >= 4 is 6.09 Å². The van der Waals surface area contributed by atoms with E-state index in [4.69, 9.17) is 10.00 Å². The fourth-order valence-electron chi connectivity index (χ4n) is 2.77. The molecule has 1 heterocycles. The minimum atomic E-state index is -0.447. The molecule has 118 valence electrons. The van der Waals surface area contributed by atoms with Gasteiger partial charge in [-0.3, -0.25) is 0 Å². The molecule has 1 fully saturated rings. The van der Waals surface area contributed by atoms with Crippen LogP contribution in [-0.2, 0) is 11.2 Å². The fourth-order valence-corrected chi connectivity index (χ4v) is 2.77. The molecular weight excluding hydrogens is 276 g/mol. The monoisotopic (exact) mass is 300 g/mol. The molecule has 1 aromatic carbocycles. The molecule has 1 aliphatic rings. The summed E-state index contributed by atoms with van der Waals surface area (Å²) >= 11 is 0. The lowest BCUT2D eigenvalue weighted by Crippen LogP contribution is -2.43. The number of carbonyl (C=O) groups is 1. The molecule has 1 unspecified atom stereocenters. The Balaban J connectivity index is 1.92. The summed E-state index contributed by atoms with van der Waals surface area (Å²) in [6.45, 7) is 7.20. The number of piperidine rings is 1. The average molecular weight is 300 g/mol. The van der Waals surface area contributed by atoms with Crippen LogP contribution < -0.4 is 0 Å². The van der Waals surface area contributed by atoms with Gasteiger partial charge in [-0.15, -0.1) is 0 Å². The highest BCUT2D eigenvalue weighted by molar-refractivity contribution is 5.68. The first kappa shape index (κ1) is 16.4. The van der Waals surface area contributed by atoms with Crippen LogP contribution >= 0.6 is 0 Å². The molecule has 0 spiro atoms. The Labute approximate surface area is 132 Å². The van der Waals surface area contributed by atoms with E-state index in [2.05, 4.69) is 6.07 Å². The smallest absolute Gasteiger partial charge is 0.410 e. The number of benzene rings is 1. The lowest BCUT2D eigenvalue weighted by atomic mass is 9.91. The SMILES string of the molecule is CC(C)(C)OC(=O)N1CCCC(Cc2ccc(C#N)cc2)C1. The van der Waals surface area contributed by atoms with Crippen LogP contribution in [-0.4, -0.2) is 29.7 Å². The Bertz CT molecular complexity index is 552. The van der Waals surface area contributed by atoms with E-state index in [0.29, 0.717) is 11.5 Å².